The molecule has 3 rings (SSSR count). The Morgan fingerprint density at radius 1 is 1.09 bits per heavy atom. The Balaban J connectivity index is 1.38. The lowest BCUT2D eigenvalue weighted by atomic mass is 9.73. The van der Waals surface area contributed by atoms with Crippen LogP contribution in [0.15, 0.2) is 17.5 Å². The lowest BCUT2D eigenvalue weighted by Gasteiger charge is -2.36. The molecule has 7 nitrogen and oxygen atoms in total. The molecule has 0 radical (unpaired) electrons. The second-order valence-electron chi connectivity index (χ2n) is 9.46. The fraction of sp³-hybridized carbons (Fsp3) is 0.783. The maximum Gasteiger partial charge on any atom is 0.225 e. The summed E-state index contributed by atoms with van der Waals surface area (Å²) in [6.45, 7) is 11.2. The number of hydrogen-bond acceptors (Lipinski definition) is 7. The van der Waals surface area contributed by atoms with Gasteiger partial charge in [-0.3, -0.25) is 4.90 Å². The summed E-state index contributed by atoms with van der Waals surface area (Å²) in [6, 6.07) is 6.78. The highest BCUT2D eigenvalue weighted by Gasteiger charge is 2.36. The average Bonchev–Trinajstić information content (AvgIpc) is 3.32. The number of thiophene rings is 1. The molecule has 1 N–H and O–H groups in total. The number of nitrogens with one attached hydrogen (secondary N) is 1. The Morgan fingerprint density at radius 3 is 2.31 bits per heavy atom. The van der Waals surface area contributed by atoms with E-state index in [4.69, 9.17) is 0 Å². The molecule has 0 spiro atoms. The van der Waals surface area contributed by atoms with Crippen molar-refractivity contribution in [1.82, 2.24) is 19.6 Å². The Kier molecular flexibility index (Phi) is 9.53. The maximum absolute atomic E-state index is 12.4. The largest absolute Gasteiger partial charge is 0.301 e. The monoisotopic (exact) mass is 481 g/mol. The minimum atomic E-state index is -3.27. The maximum atomic E-state index is 12.4. The molecule has 2 saturated heterocycles. The van der Waals surface area contributed by atoms with Gasteiger partial charge in [-0.15, -0.1) is 16.2 Å². The Morgan fingerprint density at radius 2 is 1.75 bits per heavy atom. The van der Waals surface area contributed by atoms with Crippen molar-refractivity contribution in [1.29, 1.82) is 5.26 Å². The molecule has 0 saturated carbocycles. The predicted octanol–water partition coefficient (Wildman–Crippen LogP) is 2.88. The van der Waals surface area contributed by atoms with Crippen LogP contribution in [0.1, 0.15) is 50.8 Å². The zero-order valence-corrected chi connectivity index (χ0v) is 21.3. The summed E-state index contributed by atoms with van der Waals surface area (Å²) in [7, 11) is -3.27. The zero-order chi connectivity index (χ0) is 23.0. The third kappa shape index (κ3) is 6.99. The van der Waals surface area contributed by atoms with Crippen LogP contribution in [0.25, 0.3) is 0 Å². The highest BCUT2D eigenvalue weighted by molar-refractivity contribution is 7.89. The normalized spacial score (nSPS) is 21.4. The van der Waals surface area contributed by atoms with Gasteiger partial charge < -0.3 is 4.90 Å². The standard InChI is InChI=1S/C23H39N5O2S2/c1-21(2)23(20-24,22-8-6-18-31-22)9-7-10-26-13-15-27(16-14-26)17-19-32(29,30)25-28-11-4-3-5-12-28/h6,8,18,21,25H,3-5,7,9-17,19H2,1-2H3. The van der Waals surface area contributed by atoms with E-state index in [0.717, 1.165) is 71.5 Å². The van der Waals surface area contributed by atoms with E-state index in [1.165, 1.54) is 11.3 Å². The third-order valence-corrected chi connectivity index (χ3v) is 9.26. The number of hydrazine groups is 1. The van der Waals surface area contributed by atoms with Gasteiger partial charge in [0.25, 0.3) is 0 Å². The first-order valence-electron chi connectivity index (χ1n) is 12.0. The molecule has 1 aromatic rings. The number of piperidine rings is 1. The number of sulfonamides is 1. The van der Waals surface area contributed by atoms with E-state index in [1.54, 1.807) is 11.3 Å². The van der Waals surface area contributed by atoms with Gasteiger partial charge in [-0.1, -0.05) is 26.3 Å². The van der Waals surface area contributed by atoms with Gasteiger partial charge in [0.15, 0.2) is 0 Å². The molecule has 2 aliphatic rings. The Bertz CT molecular complexity index is 823. The van der Waals surface area contributed by atoms with Crippen molar-refractivity contribution in [3.63, 3.8) is 0 Å². The molecule has 9 heteroatoms. The van der Waals surface area contributed by atoms with Crippen LogP contribution in [-0.2, 0) is 15.4 Å². The summed E-state index contributed by atoms with van der Waals surface area (Å²) in [6.07, 6.45) is 5.18. The van der Waals surface area contributed by atoms with E-state index in [0.29, 0.717) is 6.54 Å². The van der Waals surface area contributed by atoms with Crippen molar-refractivity contribution in [2.24, 2.45) is 5.92 Å². The van der Waals surface area contributed by atoms with Gasteiger partial charge >= 0.3 is 0 Å². The van der Waals surface area contributed by atoms with E-state index in [-0.39, 0.29) is 11.7 Å². The van der Waals surface area contributed by atoms with Crippen molar-refractivity contribution in [2.75, 3.05) is 58.1 Å². The van der Waals surface area contributed by atoms with Gasteiger partial charge in [0.1, 0.15) is 0 Å². The van der Waals surface area contributed by atoms with Crippen LogP contribution >= 0.6 is 11.3 Å². The Hall–Kier alpha value is -1.02. The molecule has 180 valence electrons. The van der Waals surface area contributed by atoms with Gasteiger partial charge in [0.2, 0.25) is 10.0 Å². The van der Waals surface area contributed by atoms with Crippen molar-refractivity contribution in [2.45, 2.75) is 51.4 Å². The van der Waals surface area contributed by atoms with Crippen LogP contribution in [0, 0.1) is 17.2 Å². The molecule has 1 aromatic heterocycles. The number of piperazine rings is 1. The van der Waals surface area contributed by atoms with Gasteiger partial charge in [0.05, 0.1) is 17.2 Å². The molecule has 2 fully saturated rings. The Labute approximate surface area is 198 Å². The fourth-order valence-corrected chi connectivity index (χ4v) is 6.98. The number of nitrogens with zero attached hydrogens (tertiary/aromatic N) is 4. The van der Waals surface area contributed by atoms with Crippen LogP contribution in [0.3, 0.4) is 0 Å². The molecule has 32 heavy (non-hydrogen) atoms. The lowest BCUT2D eigenvalue weighted by Crippen LogP contribution is -2.50. The molecule has 0 bridgehead atoms. The van der Waals surface area contributed by atoms with E-state index in [2.05, 4.69) is 46.0 Å². The fourth-order valence-electron chi connectivity index (χ4n) is 4.76. The van der Waals surface area contributed by atoms with E-state index in [9.17, 15) is 13.7 Å². The minimum absolute atomic E-state index is 0.156. The van der Waals surface area contributed by atoms with Gasteiger partial charge in [0, 0.05) is 50.7 Å². The first-order valence-corrected chi connectivity index (χ1v) is 14.5. The minimum Gasteiger partial charge on any atom is -0.301 e. The number of hydrogen-bond donors (Lipinski definition) is 1. The lowest BCUT2D eigenvalue weighted by molar-refractivity contribution is 0.133. The molecule has 0 aliphatic carbocycles. The predicted molar refractivity (Wildman–Crippen MR) is 131 cm³/mol. The molecular weight excluding hydrogens is 442 g/mol. The summed E-state index contributed by atoms with van der Waals surface area (Å²) < 4.78 is 24.8. The summed E-state index contributed by atoms with van der Waals surface area (Å²) in [5, 5.41) is 13.9. The smallest absolute Gasteiger partial charge is 0.225 e. The quantitative estimate of drug-likeness (QED) is 0.524. The van der Waals surface area contributed by atoms with Crippen molar-refractivity contribution >= 4 is 21.4 Å². The summed E-state index contributed by atoms with van der Waals surface area (Å²) in [5.74, 6) is 0.437. The van der Waals surface area contributed by atoms with Gasteiger partial charge in [-0.25, -0.2) is 13.4 Å². The molecule has 1 unspecified atom stereocenters. The average molecular weight is 482 g/mol. The topological polar surface area (TPSA) is 79.7 Å². The van der Waals surface area contributed by atoms with E-state index < -0.39 is 15.4 Å². The number of nitriles is 1. The highest BCUT2D eigenvalue weighted by atomic mass is 32.2. The van der Waals surface area contributed by atoms with Crippen LogP contribution in [-0.4, -0.2) is 81.3 Å². The zero-order valence-electron chi connectivity index (χ0n) is 19.6. The first-order chi connectivity index (χ1) is 15.3. The van der Waals surface area contributed by atoms with E-state index in [1.807, 2.05) is 11.1 Å². The van der Waals surface area contributed by atoms with Crippen LogP contribution in [0.5, 0.6) is 0 Å². The highest BCUT2D eigenvalue weighted by Crippen LogP contribution is 2.39. The van der Waals surface area contributed by atoms with Crippen LogP contribution in [0.4, 0.5) is 0 Å². The van der Waals surface area contributed by atoms with Crippen molar-refractivity contribution < 1.29 is 8.42 Å². The van der Waals surface area contributed by atoms with Crippen LogP contribution in [0.2, 0.25) is 0 Å². The van der Waals surface area contributed by atoms with Crippen molar-refractivity contribution in [3.8, 4) is 6.07 Å². The molecule has 2 aliphatic heterocycles. The third-order valence-electron chi connectivity index (χ3n) is 6.96. The van der Waals surface area contributed by atoms with E-state index >= 15 is 0 Å². The molecule has 0 amide bonds. The summed E-state index contributed by atoms with van der Waals surface area (Å²) >= 11 is 1.69. The SMILES string of the molecule is CC(C)C(C#N)(CCCN1CCN(CCS(=O)(=O)NN2CCCCC2)CC1)c1cccs1. The van der Waals surface area contributed by atoms with Gasteiger partial charge in [-0.05, 0) is 49.6 Å². The molecular formula is C23H39N5O2S2. The first kappa shape index (κ1) is 25.6. The summed E-state index contributed by atoms with van der Waals surface area (Å²) in [5.41, 5.74) is -0.397. The molecule has 3 heterocycles. The summed E-state index contributed by atoms with van der Waals surface area (Å²) in [4.78, 5) is 8.64. The number of rotatable bonds is 11. The second kappa shape index (κ2) is 11.9. The van der Waals surface area contributed by atoms with Crippen LogP contribution < -0.4 is 4.83 Å². The molecule has 0 aromatic carbocycles. The van der Waals surface area contributed by atoms with Gasteiger partial charge in [-0.2, -0.15) is 5.26 Å². The van der Waals surface area contributed by atoms with Crippen molar-refractivity contribution in [3.05, 3.63) is 22.4 Å². The second-order valence-corrected chi connectivity index (χ2v) is 12.2. The molecule has 1 atom stereocenters.